The van der Waals surface area contributed by atoms with Crippen molar-refractivity contribution in [1.82, 2.24) is 0 Å². The topological polar surface area (TPSA) is 18.5 Å². The van der Waals surface area contributed by atoms with Crippen LogP contribution in [0.1, 0.15) is 30.5 Å². The first-order valence-electron chi connectivity index (χ1n) is 6.49. The van der Waals surface area contributed by atoms with Crippen LogP contribution in [0.15, 0.2) is 24.3 Å². The van der Waals surface area contributed by atoms with E-state index in [1.807, 2.05) is 6.92 Å². The van der Waals surface area contributed by atoms with E-state index in [1.165, 1.54) is 22.3 Å². The molecule has 0 N–H and O–H groups in total. The molecule has 2 nitrogen and oxygen atoms in total. The lowest BCUT2D eigenvalue weighted by Crippen LogP contribution is -2.08. The summed E-state index contributed by atoms with van der Waals surface area (Å²) in [6, 6.07) is 4.36. The molecule has 0 saturated carbocycles. The Balaban J connectivity index is 2.71. The molecule has 1 aromatic rings. The van der Waals surface area contributed by atoms with Crippen molar-refractivity contribution in [3.8, 4) is 5.75 Å². The van der Waals surface area contributed by atoms with E-state index in [4.69, 9.17) is 9.47 Å². The van der Waals surface area contributed by atoms with Crippen LogP contribution in [0.4, 0.5) is 0 Å². The molecular formula is C16H24O2. The van der Waals surface area contributed by atoms with Crippen LogP contribution < -0.4 is 4.74 Å². The van der Waals surface area contributed by atoms with Crippen molar-refractivity contribution in [3.05, 3.63) is 41.0 Å². The van der Waals surface area contributed by atoms with Gasteiger partial charge >= 0.3 is 0 Å². The lowest BCUT2D eigenvalue weighted by molar-refractivity contribution is 0.109. The minimum atomic E-state index is 0.607. The maximum absolute atomic E-state index is 5.78. The average molecular weight is 248 g/mol. The third-order valence-corrected chi connectivity index (χ3v) is 2.70. The fourth-order valence-corrected chi connectivity index (χ4v) is 2.07. The second-order valence-electron chi connectivity index (χ2n) is 4.74. The number of ether oxygens (including phenoxy) is 2. The van der Waals surface area contributed by atoms with Gasteiger partial charge in [0.1, 0.15) is 12.4 Å². The van der Waals surface area contributed by atoms with Crippen LogP contribution in [0.2, 0.25) is 0 Å². The van der Waals surface area contributed by atoms with Gasteiger partial charge in [0, 0.05) is 6.61 Å². The number of hydrogen-bond donors (Lipinski definition) is 0. The molecule has 0 aliphatic heterocycles. The highest BCUT2D eigenvalue weighted by molar-refractivity contribution is 5.44. The van der Waals surface area contributed by atoms with Gasteiger partial charge in [0.05, 0.1) is 6.61 Å². The van der Waals surface area contributed by atoms with Gasteiger partial charge in [0.15, 0.2) is 0 Å². The van der Waals surface area contributed by atoms with E-state index in [9.17, 15) is 0 Å². The van der Waals surface area contributed by atoms with E-state index in [-0.39, 0.29) is 0 Å². The zero-order valence-corrected chi connectivity index (χ0v) is 12.0. The predicted molar refractivity (Wildman–Crippen MR) is 76.4 cm³/mol. The van der Waals surface area contributed by atoms with Gasteiger partial charge in [-0.1, -0.05) is 24.3 Å². The molecule has 0 saturated heterocycles. The molecule has 2 heteroatoms. The summed E-state index contributed by atoms with van der Waals surface area (Å²) in [5.74, 6) is 0.986. The second-order valence-corrected chi connectivity index (χ2v) is 4.74. The molecule has 18 heavy (non-hydrogen) atoms. The third-order valence-electron chi connectivity index (χ3n) is 2.70. The molecule has 0 bridgehead atoms. The smallest absolute Gasteiger partial charge is 0.125 e. The van der Waals surface area contributed by atoms with Gasteiger partial charge in [-0.3, -0.25) is 0 Å². The fraction of sp³-hybridized carbons (Fsp3) is 0.500. The van der Waals surface area contributed by atoms with Gasteiger partial charge in [-0.05, 0) is 50.8 Å². The summed E-state index contributed by atoms with van der Waals surface area (Å²) in [6.45, 7) is 14.2. The first kappa shape index (κ1) is 14.8. The summed E-state index contributed by atoms with van der Waals surface area (Å²) in [5, 5.41) is 0. The van der Waals surface area contributed by atoms with Crippen LogP contribution in [0.5, 0.6) is 5.75 Å². The number of aryl methyl sites for hydroxylation is 2. The standard InChI is InChI=1S/C16H24O2/c1-6-17-7-8-18-16-13(4)10-15(9-12(2)3)11-14(16)5/h10-11H,2,6-9H2,1,3-5H3. The van der Waals surface area contributed by atoms with Crippen molar-refractivity contribution in [2.75, 3.05) is 19.8 Å². The second kappa shape index (κ2) is 7.22. The van der Waals surface area contributed by atoms with Crippen molar-refractivity contribution < 1.29 is 9.47 Å². The molecule has 0 aliphatic carbocycles. The molecule has 0 spiro atoms. The van der Waals surface area contributed by atoms with Gasteiger partial charge in [0.2, 0.25) is 0 Å². The normalized spacial score (nSPS) is 10.4. The number of benzene rings is 1. The Morgan fingerprint density at radius 2 is 1.78 bits per heavy atom. The van der Waals surface area contributed by atoms with Crippen LogP contribution in [0.3, 0.4) is 0 Å². The average Bonchev–Trinajstić information content (AvgIpc) is 2.26. The van der Waals surface area contributed by atoms with Crippen molar-refractivity contribution in [3.63, 3.8) is 0 Å². The van der Waals surface area contributed by atoms with Crippen molar-refractivity contribution >= 4 is 0 Å². The van der Waals surface area contributed by atoms with E-state index < -0.39 is 0 Å². The first-order chi connectivity index (χ1) is 8.54. The van der Waals surface area contributed by atoms with Crippen LogP contribution >= 0.6 is 0 Å². The van der Waals surface area contributed by atoms with Crippen molar-refractivity contribution in [1.29, 1.82) is 0 Å². The highest BCUT2D eigenvalue weighted by Crippen LogP contribution is 2.25. The van der Waals surface area contributed by atoms with Crippen LogP contribution in [0.25, 0.3) is 0 Å². The largest absolute Gasteiger partial charge is 0.491 e. The minimum Gasteiger partial charge on any atom is -0.491 e. The minimum absolute atomic E-state index is 0.607. The monoisotopic (exact) mass is 248 g/mol. The highest BCUT2D eigenvalue weighted by Gasteiger charge is 2.06. The Morgan fingerprint density at radius 3 is 2.28 bits per heavy atom. The van der Waals surface area contributed by atoms with Crippen molar-refractivity contribution in [2.45, 2.75) is 34.1 Å². The van der Waals surface area contributed by atoms with E-state index in [0.717, 1.165) is 18.8 Å². The summed E-state index contributed by atoms with van der Waals surface area (Å²) in [5.41, 5.74) is 4.85. The molecule has 0 aromatic heterocycles. The Kier molecular flexibility index (Phi) is 5.93. The number of rotatable bonds is 7. The zero-order valence-electron chi connectivity index (χ0n) is 12.0. The van der Waals surface area contributed by atoms with Gasteiger partial charge in [-0.15, -0.1) is 0 Å². The molecule has 0 atom stereocenters. The maximum atomic E-state index is 5.78. The summed E-state index contributed by atoms with van der Waals surface area (Å²) < 4.78 is 11.1. The zero-order chi connectivity index (χ0) is 13.5. The molecule has 100 valence electrons. The molecule has 0 fully saturated rings. The highest BCUT2D eigenvalue weighted by atomic mass is 16.5. The Morgan fingerprint density at radius 1 is 1.17 bits per heavy atom. The first-order valence-corrected chi connectivity index (χ1v) is 6.49. The predicted octanol–water partition coefficient (Wildman–Crippen LogP) is 3.84. The summed E-state index contributed by atoms with van der Waals surface area (Å²) in [4.78, 5) is 0. The molecule has 0 unspecified atom stereocenters. The third kappa shape index (κ3) is 4.53. The van der Waals surface area contributed by atoms with E-state index in [1.54, 1.807) is 0 Å². The van der Waals surface area contributed by atoms with Gasteiger partial charge in [0.25, 0.3) is 0 Å². The molecular weight excluding hydrogens is 224 g/mol. The molecule has 1 aromatic carbocycles. The lowest BCUT2D eigenvalue weighted by Gasteiger charge is -2.14. The van der Waals surface area contributed by atoms with E-state index >= 15 is 0 Å². The lowest BCUT2D eigenvalue weighted by atomic mass is 10.0. The summed E-state index contributed by atoms with van der Waals surface area (Å²) in [6.07, 6.45) is 0.931. The van der Waals surface area contributed by atoms with Gasteiger partial charge in [-0.2, -0.15) is 0 Å². The van der Waals surface area contributed by atoms with Crippen LogP contribution in [-0.4, -0.2) is 19.8 Å². The van der Waals surface area contributed by atoms with Gasteiger partial charge < -0.3 is 9.47 Å². The summed E-state index contributed by atoms with van der Waals surface area (Å²) >= 11 is 0. The van der Waals surface area contributed by atoms with E-state index in [0.29, 0.717) is 13.2 Å². The molecule has 0 radical (unpaired) electrons. The fourth-order valence-electron chi connectivity index (χ4n) is 2.07. The maximum Gasteiger partial charge on any atom is 0.125 e. The van der Waals surface area contributed by atoms with Crippen LogP contribution in [-0.2, 0) is 11.2 Å². The summed E-state index contributed by atoms with van der Waals surface area (Å²) in [7, 11) is 0. The van der Waals surface area contributed by atoms with E-state index in [2.05, 4.69) is 39.5 Å². The molecule has 1 rings (SSSR count). The van der Waals surface area contributed by atoms with Crippen LogP contribution in [0, 0.1) is 13.8 Å². The Bertz CT molecular complexity index is 385. The molecule has 0 aliphatic rings. The number of hydrogen-bond acceptors (Lipinski definition) is 2. The molecule has 0 amide bonds. The Hall–Kier alpha value is -1.28. The molecule has 0 heterocycles. The van der Waals surface area contributed by atoms with Crippen molar-refractivity contribution in [2.24, 2.45) is 0 Å². The SMILES string of the molecule is C=C(C)Cc1cc(C)c(OCCOCC)c(C)c1. The number of allylic oxidation sites excluding steroid dienone is 1. The van der Waals surface area contributed by atoms with Gasteiger partial charge in [-0.25, -0.2) is 0 Å². The Labute approximate surface area is 111 Å². The quantitative estimate of drug-likeness (QED) is 0.539.